The third-order valence-corrected chi connectivity index (χ3v) is 4.28. The largest absolute Gasteiger partial charge is 0.299 e. The average molecular weight is 277 g/mol. The standard InChI is InChI=1S/C14H16FN3S/c1-2-9-19-14-17-16-13(18(14)10-7-8-10)11-5-3-4-6-12(11)15/h3-6,10H,2,7-9H2,1H3. The third-order valence-electron chi connectivity index (χ3n) is 3.13. The Labute approximate surface area is 116 Å². The molecule has 1 heterocycles. The molecule has 0 bridgehead atoms. The van der Waals surface area contributed by atoms with Crippen LogP contribution < -0.4 is 0 Å². The third kappa shape index (κ3) is 2.52. The predicted molar refractivity (Wildman–Crippen MR) is 74.7 cm³/mol. The van der Waals surface area contributed by atoms with E-state index in [-0.39, 0.29) is 5.82 Å². The van der Waals surface area contributed by atoms with Crippen molar-refractivity contribution in [1.29, 1.82) is 0 Å². The van der Waals surface area contributed by atoms with Gasteiger partial charge >= 0.3 is 0 Å². The van der Waals surface area contributed by atoms with Crippen molar-refractivity contribution in [3.8, 4) is 11.4 Å². The van der Waals surface area contributed by atoms with E-state index in [1.165, 1.54) is 6.07 Å². The number of hydrogen-bond acceptors (Lipinski definition) is 3. The summed E-state index contributed by atoms with van der Waals surface area (Å²) in [6.07, 6.45) is 3.37. The molecule has 1 aromatic heterocycles. The van der Waals surface area contributed by atoms with Crippen molar-refractivity contribution in [1.82, 2.24) is 14.8 Å². The SMILES string of the molecule is CCCSc1nnc(-c2ccccc2F)n1C1CC1. The van der Waals surface area contributed by atoms with E-state index in [4.69, 9.17) is 0 Å². The number of nitrogens with zero attached hydrogens (tertiary/aromatic N) is 3. The summed E-state index contributed by atoms with van der Waals surface area (Å²) < 4.78 is 16.0. The Morgan fingerprint density at radius 2 is 2.11 bits per heavy atom. The number of thioether (sulfide) groups is 1. The molecule has 1 aromatic carbocycles. The molecule has 0 aliphatic heterocycles. The molecule has 2 aromatic rings. The normalized spacial score (nSPS) is 14.8. The maximum atomic E-state index is 13.9. The van der Waals surface area contributed by atoms with Crippen molar-refractivity contribution < 1.29 is 4.39 Å². The lowest BCUT2D eigenvalue weighted by atomic mass is 10.2. The molecular weight excluding hydrogens is 261 g/mol. The summed E-state index contributed by atoms with van der Waals surface area (Å²) in [5.74, 6) is 1.45. The van der Waals surface area contributed by atoms with E-state index in [1.54, 1.807) is 23.9 Å². The molecule has 100 valence electrons. The zero-order valence-electron chi connectivity index (χ0n) is 10.8. The quantitative estimate of drug-likeness (QED) is 0.776. The fraction of sp³-hybridized carbons (Fsp3) is 0.429. The first-order valence-electron chi connectivity index (χ1n) is 6.64. The van der Waals surface area contributed by atoms with Gasteiger partial charge in [-0.2, -0.15) is 0 Å². The highest BCUT2D eigenvalue weighted by Crippen LogP contribution is 2.41. The van der Waals surface area contributed by atoms with Crippen molar-refractivity contribution >= 4 is 11.8 Å². The van der Waals surface area contributed by atoms with E-state index < -0.39 is 0 Å². The van der Waals surface area contributed by atoms with Crippen LogP contribution in [0.15, 0.2) is 29.4 Å². The van der Waals surface area contributed by atoms with Gasteiger partial charge in [0.05, 0.1) is 5.56 Å². The topological polar surface area (TPSA) is 30.7 Å². The monoisotopic (exact) mass is 277 g/mol. The maximum absolute atomic E-state index is 13.9. The van der Waals surface area contributed by atoms with Gasteiger partial charge in [0.2, 0.25) is 0 Å². The second kappa shape index (κ2) is 5.33. The Hall–Kier alpha value is -1.36. The summed E-state index contributed by atoms with van der Waals surface area (Å²) in [6.45, 7) is 2.14. The van der Waals surface area contributed by atoms with Crippen LogP contribution in [-0.4, -0.2) is 20.5 Å². The van der Waals surface area contributed by atoms with Gasteiger partial charge in [-0.15, -0.1) is 10.2 Å². The van der Waals surface area contributed by atoms with Crippen molar-refractivity contribution in [3.05, 3.63) is 30.1 Å². The maximum Gasteiger partial charge on any atom is 0.191 e. The molecule has 19 heavy (non-hydrogen) atoms. The lowest BCUT2D eigenvalue weighted by Gasteiger charge is -2.08. The van der Waals surface area contributed by atoms with Gasteiger partial charge in [0, 0.05) is 11.8 Å². The molecule has 3 nitrogen and oxygen atoms in total. The minimum absolute atomic E-state index is 0.233. The van der Waals surface area contributed by atoms with Gasteiger partial charge in [0.1, 0.15) is 5.82 Å². The Balaban J connectivity index is 2.02. The highest BCUT2D eigenvalue weighted by atomic mass is 32.2. The van der Waals surface area contributed by atoms with Gasteiger partial charge in [-0.3, -0.25) is 4.57 Å². The van der Waals surface area contributed by atoms with E-state index >= 15 is 0 Å². The summed E-state index contributed by atoms with van der Waals surface area (Å²) in [7, 11) is 0. The Morgan fingerprint density at radius 1 is 1.32 bits per heavy atom. The van der Waals surface area contributed by atoms with Crippen LogP contribution in [0.4, 0.5) is 4.39 Å². The number of rotatable bonds is 5. The first kappa shape index (κ1) is 12.7. The van der Waals surface area contributed by atoms with Gasteiger partial charge in [0.25, 0.3) is 0 Å². The minimum atomic E-state index is -0.233. The van der Waals surface area contributed by atoms with Crippen LogP contribution in [0.2, 0.25) is 0 Å². The molecular formula is C14H16FN3S. The molecule has 3 rings (SSSR count). The molecule has 1 fully saturated rings. The summed E-state index contributed by atoms with van der Waals surface area (Å²) in [6, 6.07) is 7.23. The van der Waals surface area contributed by atoms with Crippen LogP contribution in [0.25, 0.3) is 11.4 Å². The zero-order chi connectivity index (χ0) is 13.2. The Bertz CT molecular complexity index is 578. The molecule has 0 saturated heterocycles. The van der Waals surface area contributed by atoms with Crippen LogP contribution in [0.1, 0.15) is 32.2 Å². The van der Waals surface area contributed by atoms with Crippen molar-refractivity contribution in [2.24, 2.45) is 0 Å². The molecule has 0 radical (unpaired) electrons. The molecule has 1 aliphatic carbocycles. The molecule has 0 atom stereocenters. The molecule has 0 spiro atoms. The van der Waals surface area contributed by atoms with Crippen LogP contribution in [0.3, 0.4) is 0 Å². The molecule has 1 aliphatic rings. The molecule has 0 N–H and O–H groups in total. The molecule has 1 saturated carbocycles. The van der Waals surface area contributed by atoms with Gasteiger partial charge in [-0.1, -0.05) is 30.8 Å². The first-order chi connectivity index (χ1) is 9.31. The predicted octanol–water partition coefficient (Wildman–Crippen LogP) is 3.92. The number of benzene rings is 1. The van der Waals surface area contributed by atoms with Gasteiger partial charge in [0.15, 0.2) is 11.0 Å². The molecule has 0 unspecified atom stereocenters. The highest BCUT2D eigenvalue weighted by Gasteiger charge is 2.30. The van der Waals surface area contributed by atoms with E-state index in [0.717, 1.165) is 30.2 Å². The summed E-state index contributed by atoms with van der Waals surface area (Å²) >= 11 is 1.70. The summed E-state index contributed by atoms with van der Waals surface area (Å²) in [5.41, 5.74) is 0.547. The van der Waals surface area contributed by atoms with Crippen LogP contribution >= 0.6 is 11.8 Å². The van der Waals surface area contributed by atoms with Gasteiger partial charge in [-0.25, -0.2) is 4.39 Å². The van der Waals surface area contributed by atoms with E-state index in [2.05, 4.69) is 21.7 Å². The van der Waals surface area contributed by atoms with Crippen LogP contribution in [-0.2, 0) is 0 Å². The first-order valence-corrected chi connectivity index (χ1v) is 7.62. The Morgan fingerprint density at radius 3 is 2.79 bits per heavy atom. The summed E-state index contributed by atoms with van der Waals surface area (Å²) in [5, 5.41) is 9.37. The average Bonchev–Trinajstić information content (AvgIpc) is 3.18. The van der Waals surface area contributed by atoms with E-state index in [9.17, 15) is 4.39 Å². The summed E-state index contributed by atoms with van der Waals surface area (Å²) in [4.78, 5) is 0. The zero-order valence-corrected chi connectivity index (χ0v) is 11.7. The fourth-order valence-electron chi connectivity index (χ4n) is 2.06. The van der Waals surface area contributed by atoms with Crippen LogP contribution in [0.5, 0.6) is 0 Å². The Kier molecular flexibility index (Phi) is 3.55. The highest BCUT2D eigenvalue weighted by molar-refractivity contribution is 7.99. The van der Waals surface area contributed by atoms with Crippen LogP contribution in [0, 0.1) is 5.82 Å². The number of halogens is 1. The van der Waals surface area contributed by atoms with E-state index in [0.29, 0.717) is 17.4 Å². The van der Waals surface area contributed by atoms with Crippen molar-refractivity contribution in [2.75, 3.05) is 5.75 Å². The minimum Gasteiger partial charge on any atom is -0.299 e. The molecule has 5 heteroatoms. The van der Waals surface area contributed by atoms with Crippen molar-refractivity contribution in [2.45, 2.75) is 37.4 Å². The van der Waals surface area contributed by atoms with E-state index in [1.807, 2.05) is 6.07 Å². The second-order valence-corrected chi connectivity index (χ2v) is 5.80. The smallest absolute Gasteiger partial charge is 0.191 e. The lowest BCUT2D eigenvalue weighted by molar-refractivity contribution is 0.622. The fourth-order valence-corrected chi connectivity index (χ4v) is 2.92. The van der Waals surface area contributed by atoms with Crippen molar-refractivity contribution in [3.63, 3.8) is 0 Å². The molecule has 0 amide bonds. The lowest BCUT2D eigenvalue weighted by Crippen LogP contribution is -2.01. The number of hydrogen-bond donors (Lipinski definition) is 0. The van der Waals surface area contributed by atoms with Gasteiger partial charge < -0.3 is 0 Å². The van der Waals surface area contributed by atoms with Gasteiger partial charge in [-0.05, 0) is 31.4 Å². The number of aromatic nitrogens is 3. The second-order valence-electron chi connectivity index (χ2n) is 4.74.